The number of ether oxygens (including phenoxy) is 1. The second-order valence-electron chi connectivity index (χ2n) is 11.0. The lowest BCUT2D eigenvalue weighted by molar-refractivity contribution is -0.140. The number of alkyl carbamates (subject to hydrolysis) is 1. The molecule has 2 aromatic carbocycles. The number of nitrogens with one attached hydrogen (secondary N) is 2. The molecule has 0 aliphatic carbocycles. The summed E-state index contributed by atoms with van der Waals surface area (Å²) in [5.41, 5.74) is 3.57. The van der Waals surface area contributed by atoms with E-state index >= 15 is 0 Å². The van der Waals surface area contributed by atoms with Gasteiger partial charge in [-0.15, -0.1) is 0 Å². The molecular weight excluding hydrogens is 510 g/mol. The lowest BCUT2D eigenvalue weighted by Gasteiger charge is -2.34. The highest BCUT2D eigenvalue weighted by Gasteiger charge is 2.36. The first-order chi connectivity index (χ1) is 18.4. The van der Waals surface area contributed by atoms with Crippen molar-refractivity contribution in [3.8, 4) is 0 Å². The maximum atomic E-state index is 14.1. The molecule has 3 amide bonds. The summed E-state index contributed by atoms with van der Waals surface area (Å²) < 4.78 is 5.39. The summed E-state index contributed by atoms with van der Waals surface area (Å²) in [6, 6.07) is 11.6. The monoisotopic (exact) mass is 555 g/mol. The Balaban J connectivity index is 2.52. The molecule has 0 aliphatic heterocycles. The van der Waals surface area contributed by atoms with E-state index in [4.69, 9.17) is 4.74 Å². The van der Waals surface area contributed by atoms with Crippen molar-refractivity contribution in [3.05, 3.63) is 64.7 Å². The average molecular weight is 556 g/mol. The highest BCUT2D eigenvalue weighted by atomic mass is 32.1. The number of thiol groups is 1. The van der Waals surface area contributed by atoms with Crippen molar-refractivity contribution in [3.63, 3.8) is 0 Å². The van der Waals surface area contributed by atoms with Crippen LogP contribution >= 0.6 is 12.6 Å². The Bertz CT molecular complexity index is 1110. The van der Waals surface area contributed by atoms with Gasteiger partial charge in [-0.3, -0.25) is 9.59 Å². The van der Waals surface area contributed by atoms with Crippen molar-refractivity contribution in [2.24, 2.45) is 0 Å². The number of amides is 3. The van der Waals surface area contributed by atoms with Crippen LogP contribution in [0.3, 0.4) is 0 Å². The molecule has 0 heterocycles. The third-order valence-electron chi connectivity index (χ3n) is 6.35. The molecule has 2 rings (SSSR count). The van der Waals surface area contributed by atoms with Crippen molar-refractivity contribution in [2.45, 2.75) is 91.8 Å². The smallest absolute Gasteiger partial charge is 0.408 e. The second kappa shape index (κ2) is 15.0. The summed E-state index contributed by atoms with van der Waals surface area (Å²) >= 11 is 4.37. The van der Waals surface area contributed by atoms with Gasteiger partial charge in [0, 0.05) is 18.0 Å². The Morgan fingerprint density at radius 1 is 0.974 bits per heavy atom. The summed E-state index contributed by atoms with van der Waals surface area (Å²) in [5.74, 6) is -0.629. The molecule has 2 atom stereocenters. The molecule has 8 heteroatoms. The van der Waals surface area contributed by atoms with Crippen LogP contribution in [0, 0.1) is 20.8 Å². The molecule has 0 aromatic heterocycles. The number of unbranched alkanes of at least 4 members (excludes halogenated alkanes) is 3. The number of hydrogen-bond donors (Lipinski definition) is 3. The molecule has 2 aromatic rings. The summed E-state index contributed by atoms with van der Waals surface area (Å²) in [7, 11) is 0. The molecule has 2 N–H and O–H groups in total. The van der Waals surface area contributed by atoms with E-state index in [1.165, 1.54) is 0 Å². The Hall–Kier alpha value is -3.00. The second-order valence-corrected chi connectivity index (χ2v) is 11.4. The number of benzene rings is 2. The standard InChI is InChI=1S/C31H45N3O4S/c1-8-9-10-11-18-34(29(36)25(20-39)32-30(37)38-31(5,6)7)27(24-17-12-14-21(2)19-24)28(35)33-26-22(3)15-13-16-23(26)4/h12-17,19,25,27,39H,8-11,18,20H2,1-7H3,(H,32,37)(H,33,35). The van der Waals surface area contributed by atoms with Gasteiger partial charge in [0.15, 0.2) is 0 Å². The molecule has 214 valence electrons. The number of anilines is 1. The Kier molecular flexibility index (Phi) is 12.4. The SMILES string of the molecule is CCCCCCN(C(=O)C(CS)NC(=O)OC(C)(C)C)C(C(=O)Nc1c(C)cccc1C)c1cccc(C)c1. The van der Waals surface area contributed by atoms with Gasteiger partial charge in [0.25, 0.3) is 5.91 Å². The van der Waals surface area contributed by atoms with Crippen LogP contribution in [0.4, 0.5) is 10.5 Å². The topological polar surface area (TPSA) is 87.7 Å². The van der Waals surface area contributed by atoms with Gasteiger partial charge in [-0.05, 0) is 64.7 Å². The number of carbonyl (C=O) groups is 3. The highest BCUT2D eigenvalue weighted by Crippen LogP contribution is 2.28. The number of nitrogens with zero attached hydrogens (tertiary/aromatic N) is 1. The fourth-order valence-corrected chi connectivity index (χ4v) is 4.67. The van der Waals surface area contributed by atoms with E-state index in [1.807, 2.05) is 63.2 Å². The molecule has 0 fully saturated rings. The minimum atomic E-state index is -0.963. The Morgan fingerprint density at radius 2 is 1.62 bits per heavy atom. The van der Waals surface area contributed by atoms with Gasteiger partial charge in [0.05, 0.1) is 0 Å². The molecule has 0 spiro atoms. The molecule has 39 heavy (non-hydrogen) atoms. The molecule has 0 saturated heterocycles. The predicted molar refractivity (Wildman–Crippen MR) is 161 cm³/mol. The van der Waals surface area contributed by atoms with Crippen molar-refractivity contribution >= 4 is 36.2 Å². The summed E-state index contributed by atoms with van der Waals surface area (Å²) in [6.07, 6.45) is 3.02. The Labute approximate surface area is 239 Å². The molecule has 7 nitrogen and oxygen atoms in total. The lowest BCUT2D eigenvalue weighted by Crippen LogP contribution is -2.53. The van der Waals surface area contributed by atoms with Crippen LogP contribution in [0.1, 0.15) is 81.7 Å². The normalized spacial score (nSPS) is 12.8. The molecule has 0 radical (unpaired) electrons. The Morgan fingerprint density at radius 3 is 2.18 bits per heavy atom. The van der Waals surface area contributed by atoms with E-state index in [0.29, 0.717) is 12.1 Å². The fraction of sp³-hybridized carbons (Fsp3) is 0.516. The maximum absolute atomic E-state index is 14.1. The van der Waals surface area contributed by atoms with Gasteiger partial charge in [0.2, 0.25) is 5.91 Å². The minimum Gasteiger partial charge on any atom is -0.444 e. The number of para-hydroxylation sites is 1. The molecule has 0 saturated carbocycles. The van der Waals surface area contributed by atoms with Crippen LogP contribution in [0.15, 0.2) is 42.5 Å². The van der Waals surface area contributed by atoms with E-state index in [2.05, 4.69) is 30.2 Å². The third kappa shape index (κ3) is 9.92. The molecule has 0 aliphatic rings. The first-order valence-corrected chi connectivity index (χ1v) is 14.4. The number of rotatable bonds is 12. The van der Waals surface area contributed by atoms with E-state index in [1.54, 1.807) is 25.7 Å². The predicted octanol–water partition coefficient (Wildman–Crippen LogP) is 6.52. The number of carbonyl (C=O) groups excluding carboxylic acids is 3. The first-order valence-electron chi connectivity index (χ1n) is 13.7. The van der Waals surface area contributed by atoms with Crippen LogP contribution < -0.4 is 10.6 Å². The zero-order valence-electron chi connectivity index (χ0n) is 24.5. The van der Waals surface area contributed by atoms with Crippen LogP contribution in [0.25, 0.3) is 0 Å². The highest BCUT2D eigenvalue weighted by molar-refractivity contribution is 7.80. The van der Waals surface area contributed by atoms with Crippen LogP contribution in [-0.2, 0) is 14.3 Å². The average Bonchev–Trinajstić information content (AvgIpc) is 2.85. The molecular formula is C31H45N3O4S. The molecule has 0 bridgehead atoms. The van der Waals surface area contributed by atoms with E-state index < -0.39 is 23.8 Å². The van der Waals surface area contributed by atoms with Gasteiger partial charge in [-0.2, -0.15) is 12.6 Å². The van der Waals surface area contributed by atoms with E-state index in [-0.39, 0.29) is 17.6 Å². The minimum absolute atomic E-state index is 0.0581. The van der Waals surface area contributed by atoms with Crippen molar-refractivity contribution in [2.75, 3.05) is 17.6 Å². The number of aryl methyl sites for hydroxylation is 3. The zero-order chi connectivity index (χ0) is 29.2. The fourth-order valence-electron chi connectivity index (χ4n) is 4.43. The summed E-state index contributed by atoms with van der Waals surface area (Å²) in [6.45, 7) is 13.6. The van der Waals surface area contributed by atoms with Crippen LogP contribution in [0.2, 0.25) is 0 Å². The summed E-state index contributed by atoms with van der Waals surface area (Å²) in [4.78, 5) is 42.3. The lowest BCUT2D eigenvalue weighted by atomic mass is 9.99. The van der Waals surface area contributed by atoms with Gasteiger partial charge < -0.3 is 20.3 Å². The largest absolute Gasteiger partial charge is 0.444 e. The van der Waals surface area contributed by atoms with Gasteiger partial charge >= 0.3 is 6.09 Å². The van der Waals surface area contributed by atoms with Gasteiger partial charge in [-0.25, -0.2) is 4.79 Å². The zero-order valence-corrected chi connectivity index (χ0v) is 25.4. The van der Waals surface area contributed by atoms with Crippen molar-refractivity contribution in [1.82, 2.24) is 10.2 Å². The first kappa shape index (κ1) is 32.2. The van der Waals surface area contributed by atoms with E-state index in [0.717, 1.165) is 48.1 Å². The quantitative estimate of drug-likeness (QED) is 0.205. The van der Waals surface area contributed by atoms with Crippen LogP contribution in [-0.4, -0.2) is 46.7 Å². The third-order valence-corrected chi connectivity index (χ3v) is 6.72. The molecule has 2 unspecified atom stereocenters. The summed E-state index contributed by atoms with van der Waals surface area (Å²) in [5, 5.41) is 5.77. The van der Waals surface area contributed by atoms with Crippen molar-refractivity contribution < 1.29 is 19.1 Å². The van der Waals surface area contributed by atoms with Gasteiger partial charge in [-0.1, -0.05) is 74.2 Å². The van der Waals surface area contributed by atoms with E-state index in [9.17, 15) is 14.4 Å². The number of hydrogen-bond acceptors (Lipinski definition) is 5. The maximum Gasteiger partial charge on any atom is 0.408 e. The van der Waals surface area contributed by atoms with Crippen molar-refractivity contribution in [1.29, 1.82) is 0 Å². The van der Waals surface area contributed by atoms with Crippen LogP contribution in [0.5, 0.6) is 0 Å². The van der Waals surface area contributed by atoms with Gasteiger partial charge in [0.1, 0.15) is 17.7 Å².